The third kappa shape index (κ3) is 3.79. The smallest absolute Gasteiger partial charge is 0.0795 e. The minimum atomic E-state index is 0.220. The van der Waals surface area contributed by atoms with Crippen LogP contribution >= 0.6 is 23.5 Å². The van der Waals surface area contributed by atoms with Gasteiger partial charge >= 0.3 is 0 Å². The van der Waals surface area contributed by atoms with Crippen LogP contribution in [0, 0.1) is 0 Å². The highest BCUT2D eigenvalue weighted by molar-refractivity contribution is 7.99. The molecule has 2 aliphatic heterocycles. The molecule has 2 rings (SSSR count). The van der Waals surface area contributed by atoms with Crippen LogP contribution in [0.3, 0.4) is 0 Å². The van der Waals surface area contributed by atoms with Crippen LogP contribution in [0.2, 0.25) is 0 Å². The van der Waals surface area contributed by atoms with E-state index in [2.05, 4.69) is 30.3 Å². The Labute approximate surface area is 114 Å². The second-order valence-electron chi connectivity index (χ2n) is 5.25. The zero-order valence-corrected chi connectivity index (χ0v) is 12.7. The van der Waals surface area contributed by atoms with Crippen LogP contribution in [0.25, 0.3) is 0 Å². The van der Waals surface area contributed by atoms with Gasteiger partial charge in [-0.25, -0.2) is 0 Å². The van der Waals surface area contributed by atoms with Crippen molar-refractivity contribution in [3.63, 3.8) is 0 Å². The molecule has 3 unspecified atom stereocenters. The Morgan fingerprint density at radius 2 is 2.47 bits per heavy atom. The maximum absolute atomic E-state index is 6.07. The Bertz CT molecular complexity index is 231. The van der Waals surface area contributed by atoms with Gasteiger partial charge in [-0.1, -0.05) is 6.92 Å². The average molecular weight is 275 g/mol. The van der Waals surface area contributed by atoms with Gasteiger partial charge in [0.15, 0.2) is 0 Å². The summed E-state index contributed by atoms with van der Waals surface area (Å²) in [6.45, 7) is 3.24. The molecule has 17 heavy (non-hydrogen) atoms. The van der Waals surface area contributed by atoms with Gasteiger partial charge in [-0.15, -0.1) is 0 Å². The number of nitrogens with one attached hydrogen (secondary N) is 1. The Hall–Kier alpha value is 0.620. The molecule has 100 valence electrons. The van der Waals surface area contributed by atoms with Crippen molar-refractivity contribution in [2.24, 2.45) is 0 Å². The van der Waals surface area contributed by atoms with Gasteiger partial charge in [0.25, 0.3) is 0 Å². The first-order valence-corrected chi connectivity index (χ1v) is 9.29. The second-order valence-corrected chi connectivity index (χ2v) is 7.27. The molecule has 0 saturated carbocycles. The van der Waals surface area contributed by atoms with Crippen LogP contribution in [-0.4, -0.2) is 47.8 Å². The quantitative estimate of drug-likeness (QED) is 0.832. The summed E-state index contributed by atoms with van der Waals surface area (Å²) in [5, 5.41) is 3.85. The van der Waals surface area contributed by atoms with Crippen molar-refractivity contribution in [3.05, 3.63) is 0 Å². The van der Waals surface area contributed by atoms with Gasteiger partial charge in [0.05, 0.1) is 5.60 Å². The average Bonchev–Trinajstić information content (AvgIpc) is 2.77. The summed E-state index contributed by atoms with van der Waals surface area (Å²) < 4.78 is 6.07. The van der Waals surface area contributed by atoms with Crippen molar-refractivity contribution < 1.29 is 4.74 Å². The summed E-state index contributed by atoms with van der Waals surface area (Å²) in [5.74, 6) is 3.73. The Morgan fingerprint density at radius 3 is 3.12 bits per heavy atom. The molecular formula is C13H25NOS2. The molecule has 2 saturated heterocycles. The summed E-state index contributed by atoms with van der Waals surface area (Å²) in [4.78, 5) is 0. The Morgan fingerprint density at radius 1 is 1.59 bits per heavy atom. The highest BCUT2D eigenvalue weighted by Gasteiger charge is 2.40. The minimum absolute atomic E-state index is 0.220. The molecule has 0 amide bonds. The minimum Gasteiger partial charge on any atom is -0.374 e. The lowest BCUT2D eigenvalue weighted by atomic mass is 9.89. The first-order valence-electron chi connectivity index (χ1n) is 6.75. The maximum atomic E-state index is 6.07. The Balaban J connectivity index is 1.84. The predicted molar refractivity (Wildman–Crippen MR) is 79.2 cm³/mol. The number of hydrogen-bond donors (Lipinski definition) is 1. The zero-order valence-electron chi connectivity index (χ0n) is 11.0. The van der Waals surface area contributed by atoms with E-state index in [1.54, 1.807) is 0 Å². The van der Waals surface area contributed by atoms with Crippen LogP contribution in [0.4, 0.5) is 0 Å². The molecule has 0 aromatic carbocycles. The maximum Gasteiger partial charge on any atom is 0.0795 e. The van der Waals surface area contributed by atoms with Crippen molar-refractivity contribution >= 4 is 23.5 Å². The highest BCUT2D eigenvalue weighted by Crippen LogP contribution is 2.38. The summed E-state index contributed by atoms with van der Waals surface area (Å²) in [7, 11) is 0. The van der Waals surface area contributed by atoms with Gasteiger partial charge in [-0.05, 0) is 37.7 Å². The van der Waals surface area contributed by atoms with E-state index >= 15 is 0 Å². The fourth-order valence-electron chi connectivity index (χ4n) is 2.85. The molecule has 0 aromatic rings. The van der Waals surface area contributed by atoms with E-state index in [0.717, 1.165) is 6.61 Å². The van der Waals surface area contributed by atoms with Crippen molar-refractivity contribution in [1.29, 1.82) is 0 Å². The fourth-order valence-corrected chi connectivity index (χ4v) is 4.96. The summed E-state index contributed by atoms with van der Waals surface area (Å²) in [5.41, 5.74) is 0.220. The van der Waals surface area contributed by atoms with Gasteiger partial charge in [0.1, 0.15) is 0 Å². The third-order valence-corrected chi connectivity index (χ3v) is 5.85. The lowest BCUT2D eigenvalue weighted by Gasteiger charge is -2.39. The van der Waals surface area contributed by atoms with E-state index < -0.39 is 0 Å². The van der Waals surface area contributed by atoms with Crippen molar-refractivity contribution in [1.82, 2.24) is 5.32 Å². The van der Waals surface area contributed by atoms with E-state index in [1.165, 1.54) is 42.9 Å². The number of thioether (sulfide) groups is 2. The van der Waals surface area contributed by atoms with Crippen LogP contribution < -0.4 is 5.32 Å². The molecule has 2 aliphatic rings. The normalized spacial score (nSPS) is 35.3. The van der Waals surface area contributed by atoms with Gasteiger partial charge < -0.3 is 10.1 Å². The van der Waals surface area contributed by atoms with Gasteiger partial charge in [-0.3, -0.25) is 0 Å². The van der Waals surface area contributed by atoms with E-state index in [9.17, 15) is 0 Å². The van der Waals surface area contributed by atoms with E-state index in [1.807, 2.05) is 11.8 Å². The topological polar surface area (TPSA) is 21.3 Å². The number of hydrogen-bond acceptors (Lipinski definition) is 4. The lowest BCUT2D eigenvalue weighted by Crippen LogP contribution is -2.50. The van der Waals surface area contributed by atoms with Crippen LogP contribution in [0.15, 0.2) is 0 Å². The molecule has 0 aliphatic carbocycles. The van der Waals surface area contributed by atoms with Crippen molar-refractivity contribution in [2.75, 3.05) is 30.1 Å². The molecule has 1 N–H and O–H groups in total. The van der Waals surface area contributed by atoms with Gasteiger partial charge in [0, 0.05) is 30.2 Å². The standard InChI is InChI=1S/C13H25NOS2/c1-3-11(9-16-2)14-12-4-6-15-13(8-12)5-7-17-10-13/h11-12,14H,3-10H2,1-2H3. The third-order valence-electron chi connectivity index (χ3n) is 3.89. The molecule has 0 radical (unpaired) electrons. The summed E-state index contributed by atoms with van der Waals surface area (Å²) in [6, 6.07) is 1.36. The molecule has 2 heterocycles. The van der Waals surface area contributed by atoms with E-state index in [0.29, 0.717) is 12.1 Å². The predicted octanol–water partition coefficient (Wildman–Crippen LogP) is 2.77. The molecule has 2 fully saturated rings. The highest BCUT2D eigenvalue weighted by atomic mass is 32.2. The number of rotatable bonds is 5. The molecule has 4 heteroatoms. The van der Waals surface area contributed by atoms with Gasteiger partial charge in [0.2, 0.25) is 0 Å². The molecule has 2 nitrogen and oxygen atoms in total. The van der Waals surface area contributed by atoms with Crippen LogP contribution in [0.1, 0.15) is 32.6 Å². The monoisotopic (exact) mass is 275 g/mol. The van der Waals surface area contributed by atoms with E-state index in [4.69, 9.17) is 4.74 Å². The fraction of sp³-hybridized carbons (Fsp3) is 1.00. The first kappa shape index (κ1) is 14.0. The van der Waals surface area contributed by atoms with Crippen LogP contribution in [0.5, 0.6) is 0 Å². The largest absolute Gasteiger partial charge is 0.374 e. The molecule has 3 atom stereocenters. The van der Waals surface area contributed by atoms with E-state index in [-0.39, 0.29) is 5.60 Å². The number of ether oxygens (including phenoxy) is 1. The summed E-state index contributed by atoms with van der Waals surface area (Å²) >= 11 is 4.01. The van der Waals surface area contributed by atoms with Gasteiger partial charge in [-0.2, -0.15) is 23.5 Å². The lowest BCUT2D eigenvalue weighted by molar-refractivity contribution is -0.0711. The Kier molecular flexibility index (Phi) is 5.52. The first-order chi connectivity index (χ1) is 8.28. The molecule has 0 aromatic heterocycles. The SMILES string of the molecule is CCC(CSC)NC1CCOC2(CCSC2)C1. The molecule has 1 spiro atoms. The van der Waals surface area contributed by atoms with Crippen molar-refractivity contribution in [2.45, 2.75) is 50.3 Å². The summed E-state index contributed by atoms with van der Waals surface area (Å²) in [6.07, 6.45) is 7.11. The second kappa shape index (κ2) is 6.69. The van der Waals surface area contributed by atoms with Crippen LogP contribution in [-0.2, 0) is 4.74 Å². The zero-order chi connectivity index (χ0) is 12.1. The molecular weight excluding hydrogens is 250 g/mol. The molecule has 0 bridgehead atoms. The van der Waals surface area contributed by atoms with Crippen molar-refractivity contribution in [3.8, 4) is 0 Å².